The van der Waals surface area contributed by atoms with Crippen molar-refractivity contribution in [3.63, 3.8) is 0 Å². The first-order valence-corrected chi connectivity index (χ1v) is 6.80. The van der Waals surface area contributed by atoms with Gasteiger partial charge >= 0.3 is 0 Å². The van der Waals surface area contributed by atoms with E-state index in [9.17, 15) is 9.59 Å². The van der Waals surface area contributed by atoms with Gasteiger partial charge < -0.3 is 16.4 Å². The molecule has 0 fully saturated rings. The van der Waals surface area contributed by atoms with Gasteiger partial charge in [-0.3, -0.25) is 14.3 Å². The Hall–Kier alpha value is -2.74. The van der Waals surface area contributed by atoms with Crippen LogP contribution in [0.2, 0.25) is 0 Å². The highest BCUT2D eigenvalue weighted by atomic mass is 32.1. The average Bonchev–Trinajstić information content (AvgIpc) is 2.80. The Kier molecular flexibility index (Phi) is 4.52. The molecule has 1 amide bonds. The van der Waals surface area contributed by atoms with Crippen LogP contribution in [0.25, 0.3) is 0 Å². The molecule has 114 valence electrons. The largest absolute Gasteiger partial charge is 0.364 e. The molecule has 0 radical (unpaired) electrons. The molecule has 0 unspecified atom stereocenters. The normalized spacial score (nSPS) is 10.1. The van der Waals surface area contributed by atoms with Crippen molar-refractivity contribution in [2.24, 2.45) is 12.8 Å². The second kappa shape index (κ2) is 6.35. The Balaban J connectivity index is 2.07. The Morgan fingerprint density at radius 1 is 1.23 bits per heavy atom. The fraction of sp³-hybridized carbons (Fsp3) is 0.143. The maximum atomic E-state index is 11.3. The first kappa shape index (κ1) is 15.6. The smallest absolute Gasteiger partial charge is 0.271 e. The molecule has 0 spiro atoms. The molecule has 0 aliphatic carbocycles. The minimum absolute atomic E-state index is 0.00582. The van der Waals surface area contributed by atoms with Crippen molar-refractivity contribution < 1.29 is 9.59 Å². The molecule has 22 heavy (non-hydrogen) atoms. The Morgan fingerprint density at radius 3 is 2.41 bits per heavy atom. The van der Waals surface area contributed by atoms with Crippen LogP contribution >= 0.6 is 12.2 Å². The number of aromatic nitrogens is 2. The zero-order chi connectivity index (χ0) is 16.3. The van der Waals surface area contributed by atoms with Gasteiger partial charge in [-0.25, -0.2) is 0 Å². The van der Waals surface area contributed by atoms with Gasteiger partial charge in [-0.1, -0.05) is 0 Å². The number of ketones is 1. The highest BCUT2D eigenvalue weighted by Gasteiger charge is 2.14. The Labute approximate surface area is 132 Å². The number of Topliss-reactive ketones (excluding diaryl/α,β-unsaturated/α-hetero) is 1. The third kappa shape index (κ3) is 3.67. The lowest BCUT2D eigenvalue weighted by atomic mass is 10.1. The van der Waals surface area contributed by atoms with Crippen LogP contribution in [0.4, 0.5) is 11.4 Å². The number of primary amides is 1. The van der Waals surface area contributed by atoms with Gasteiger partial charge in [-0.15, -0.1) is 0 Å². The lowest BCUT2D eigenvalue weighted by Gasteiger charge is -2.10. The summed E-state index contributed by atoms with van der Waals surface area (Å²) in [7, 11) is 1.68. The topological polar surface area (TPSA) is 102 Å². The molecular formula is C14H15N5O2S. The number of carbonyl (C=O) groups is 2. The van der Waals surface area contributed by atoms with E-state index in [1.807, 2.05) is 0 Å². The van der Waals surface area contributed by atoms with Crippen LogP contribution in [0, 0.1) is 0 Å². The molecule has 2 rings (SSSR count). The number of aryl methyl sites for hydroxylation is 1. The van der Waals surface area contributed by atoms with E-state index in [4.69, 9.17) is 18.0 Å². The van der Waals surface area contributed by atoms with E-state index in [1.165, 1.54) is 11.6 Å². The van der Waals surface area contributed by atoms with E-state index in [0.717, 1.165) is 0 Å². The van der Waals surface area contributed by atoms with E-state index in [2.05, 4.69) is 15.7 Å². The minimum atomic E-state index is -0.642. The number of amides is 1. The van der Waals surface area contributed by atoms with Crippen LogP contribution in [0.3, 0.4) is 0 Å². The number of benzene rings is 1. The van der Waals surface area contributed by atoms with E-state index >= 15 is 0 Å². The second-order valence-electron chi connectivity index (χ2n) is 4.64. The molecule has 8 heteroatoms. The summed E-state index contributed by atoms with van der Waals surface area (Å²) >= 11 is 5.18. The van der Waals surface area contributed by atoms with Gasteiger partial charge in [0.15, 0.2) is 16.6 Å². The molecule has 0 saturated carbocycles. The average molecular weight is 317 g/mol. The molecule has 7 nitrogen and oxygen atoms in total. The number of carbonyl (C=O) groups excluding carboxylic acids is 2. The van der Waals surface area contributed by atoms with Gasteiger partial charge in [0.1, 0.15) is 0 Å². The van der Waals surface area contributed by atoms with E-state index in [1.54, 1.807) is 37.5 Å². The maximum Gasteiger partial charge on any atom is 0.271 e. The third-order valence-electron chi connectivity index (χ3n) is 2.86. The standard InChI is InChI=1S/C14H15N5O2S/c1-8(20)9-3-5-10(6-4-9)16-14(22)17-11-7-19(2)18-12(11)13(15)21/h3-7H,1-2H3,(H2,15,21)(H2,16,17,22). The fourth-order valence-electron chi connectivity index (χ4n) is 1.83. The number of hydrogen-bond donors (Lipinski definition) is 3. The lowest BCUT2D eigenvalue weighted by Crippen LogP contribution is -2.21. The summed E-state index contributed by atoms with van der Waals surface area (Å²) in [5, 5.41) is 10.1. The summed E-state index contributed by atoms with van der Waals surface area (Å²) in [6.45, 7) is 1.50. The molecule has 0 aliphatic heterocycles. The second-order valence-corrected chi connectivity index (χ2v) is 5.05. The first-order valence-electron chi connectivity index (χ1n) is 6.39. The van der Waals surface area contributed by atoms with Crippen LogP contribution < -0.4 is 16.4 Å². The van der Waals surface area contributed by atoms with E-state index < -0.39 is 5.91 Å². The van der Waals surface area contributed by atoms with Gasteiger partial charge in [0.25, 0.3) is 5.91 Å². The highest BCUT2D eigenvalue weighted by molar-refractivity contribution is 7.80. The molecule has 0 saturated heterocycles. The van der Waals surface area contributed by atoms with Crippen LogP contribution in [0.1, 0.15) is 27.8 Å². The molecular weight excluding hydrogens is 302 g/mol. The molecule has 0 atom stereocenters. The SMILES string of the molecule is CC(=O)c1ccc(NC(=S)Nc2cn(C)nc2C(N)=O)cc1. The van der Waals surface area contributed by atoms with E-state index in [-0.39, 0.29) is 16.6 Å². The predicted octanol–water partition coefficient (Wildman–Crippen LogP) is 1.53. The molecule has 0 aliphatic rings. The summed E-state index contributed by atoms with van der Waals surface area (Å²) in [6, 6.07) is 6.88. The number of hydrogen-bond acceptors (Lipinski definition) is 4. The predicted molar refractivity (Wildman–Crippen MR) is 88.0 cm³/mol. The summed E-state index contributed by atoms with van der Waals surface area (Å²) in [5.74, 6) is -0.648. The third-order valence-corrected chi connectivity index (χ3v) is 3.06. The molecule has 1 heterocycles. The fourth-order valence-corrected chi connectivity index (χ4v) is 2.06. The van der Waals surface area contributed by atoms with Gasteiger partial charge in [-0.2, -0.15) is 5.10 Å². The summed E-state index contributed by atoms with van der Waals surface area (Å²) < 4.78 is 1.46. The maximum absolute atomic E-state index is 11.3. The molecule has 4 N–H and O–H groups in total. The van der Waals surface area contributed by atoms with Crippen LogP contribution in [-0.4, -0.2) is 26.6 Å². The minimum Gasteiger partial charge on any atom is -0.364 e. The van der Waals surface area contributed by atoms with Crippen LogP contribution in [0.5, 0.6) is 0 Å². The van der Waals surface area contributed by atoms with Crippen molar-refractivity contribution in [3.05, 3.63) is 41.7 Å². The first-order chi connectivity index (χ1) is 10.4. The van der Waals surface area contributed by atoms with Crippen molar-refractivity contribution in [1.29, 1.82) is 0 Å². The Morgan fingerprint density at radius 2 is 1.86 bits per heavy atom. The zero-order valence-corrected chi connectivity index (χ0v) is 12.9. The van der Waals surface area contributed by atoms with Crippen molar-refractivity contribution in [3.8, 4) is 0 Å². The zero-order valence-electron chi connectivity index (χ0n) is 12.1. The quantitative estimate of drug-likeness (QED) is 0.584. The van der Waals surface area contributed by atoms with Gasteiger partial charge in [0.2, 0.25) is 0 Å². The van der Waals surface area contributed by atoms with Crippen molar-refractivity contribution in [1.82, 2.24) is 9.78 Å². The van der Waals surface area contributed by atoms with Gasteiger partial charge in [0.05, 0.1) is 5.69 Å². The van der Waals surface area contributed by atoms with Crippen LogP contribution in [-0.2, 0) is 7.05 Å². The number of nitrogens with zero attached hydrogens (tertiary/aromatic N) is 2. The van der Waals surface area contributed by atoms with E-state index in [0.29, 0.717) is 16.9 Å². The van der Waals surface area contributed by atoms with Gasteiger partial charge in [0, 0.05) is 24.5 Å². The summed E-state index contributed by atoms with van der Waals surface area (Å²) in [6.07, 6.45) is 1.60. The number of rotatable bonds is 4. The number of anilines is 2. The monoisotopic (exact) mass is 317 g/mol. The summed E-state index contributed by atoms with van der Waals surface area (Å²) in [5.41, 5.74) is 7.12. The molecule has 1 aromatic carbocycles. The number of thiocarbonyl (C=S) groups is 1. The van der Waals surface area contributed by atoms with Gasteiger partial charge in [-0.05, 0) is 43.4 Å². The lowest BCUT2D eigenvalue weighted by molar-refractivity contribution is 0.0992. The van der Waals surface area contributed by atoms with Crippen molar-refractivity contribution in [2.75, 3.05) is 10.6 Å². The summed E-state index contributed by atoms with van der Waals surface area (Å²) in [4.78, 5) is 22.5. The molecule has 1 aromatic heterocycles. The number of nitrogens with two attached hydrogens (primary N) is 1. The Bertz CT molecular complexity index is 736. The molecule has 0 bridgehead atoms. The van der Waals surface area contributed by atoms with Crippen molar-refractivity contribution in [2.45, 2.75) is 6.92 Å². The van der Waals surface area contributed by atoms with Crippen LogP contribution in [0.15, 0.2) is 30.5 Å². The van der Waals surface area contributed by atoms with Crippen molar-refractivity contribution >= 4 is 40.4 Å². The number of nitrogens with one attached hydrogen (secondary N) is 2. The highest BCUT2D eigenvalue weighted by Crippen LogP contribution is 2.14. The molecule has 2 aromatic rings.